The number of rotatable bonds is 3. The number of benzene rings is 1. The lowest BCUT2D eigenvalue weighted by molar-refractivity contribution is 0.210. The van der Waals surface area contributed by atoms with E-state index in [9.17, 15) is 9.35 Å². The molecule has 0 aromatic heterocycles. The smallest absolute Gasteiger partial charge is 0.409 e. The van der Waals surface area contributed by atoms with Crippen LogP contribution in [0.3, 0.4) is 0 Å². The van der Waals surface area contributed by atoms with Crippen molar-refractivity contribution in [2.24, 2.45) is 4.40 Å². The molecule has 5 nitrogen and oxygen atoms in total. The Bertz CT molecular complexity index is 495. The Labute approximate surface area is 116 Å². The largest absolute Gasteiger partial charge is 0.591 e. The van der Waals surface area contributed by atoms with Gasteiger partial charge in [0.2, 0.25) is 0 Å². The Morgan fingerprint density at radius 2 is 2.05 bits per heavy atom. The normalized spacial score (nSPS) is 14.1. The zero-order valence-electron chi connectivity index (χ0n) is 11.4. The van der Waals surface area contributed by atoms with Crippen LogP contribution in [0.5, 0.6) is 0 Å². The lowest BCUT2D eigenvalue weighted by Gasteiger charge is -2.18. The molecule has 1 rings (SSSR count). The highest BCUT2D eigenvalue weighted by Gasteiger charge is 2.26. The fourth-order valence-electron chi connectivity index (χ4n) is 1.26. The molecular weight excluding hydrogens is 264 g/mol. The van der Waals surface area contributed by atoms with E-state index in [1.165, 1.54) is 0 Å². The predicted octanol–water partition coefficient (Wildman–Crippen LogP) is 3.05. The maximum absolute atomic E-state index is 11.9. The van der Waals surface area contributed by atoms with Crippen LogP contribution in [0.4, 0.5) is 10.5 Å². The van der Waals surface area contributed by atoms with Gasteiger partial charge in [-0.2, -0.15) is 0 Å². The summed E-state index contributed by atoms with van der Waals surface area (Å²) >= 11 is -1.33. The zero-order valence-corrected chi connectivity index (χ0v) is 12.2. The van der Waals surface area contributed by atoms with Crippen molar-refractivity contribution < 1.29 is 14.5 Å². The quantitative estimate of drug-likeness (QED) is 0.660. The van der Waals surface area contributed by atoms with Gasteiger partial charge in [0.25, 0.3) is 0 Å². The van der Waals surface area contributed by atoms with Crippen molar-refractivity contribution in [1.29, 1.82) is 0 Å². The number of carbonyl (C=O) groups is 1. The summed E-state index contributed by atoms with van der Waals surface area (Å²) in [4.78, 5) is 10.6. The fourth-order valence-corrected chi connectivity index (χ4v) is 1.89. The molecule has 1 atom stereocenters. The van der Waals surface area contributed by atoms with E-state index < -0.39 is 22.2 Å². The van der Waals surface area contributed by atoms with E-state index in [0.29, 0.717) is 11.4 Å². The van der Waals surface area contributed by atoms with Crippen molar-refractivity contribution in [3.63, 3.8) is 0 Å². The highest BCUT2D eigenvalue weighted by atomic mass is 32.2. The van der Waals surface area contributed by atoms with Crippen LogP contribution >= 0.6 is 0 Å². The molecule has 0 aliphatic heterocycles. The first-order chi connectivity index (χ1) is 8.70. The molecule has 104 valence electrons. The molecule has 0 radical (unpaired) electrons. The molecule has 6 heteroatoms. The Kier molecular flexibility index (Phi) is 4.97. The summed E-state index contributed by atoms with van der Waals surface area (Å²) in [6.45, 7) is 7.30. The van der Waals surface area contributed by atoms with E-state index in [4.69, 9.17) is 5.11 Å². The van der Waals surface area contributed by atoms with E-state index in [0.717, 1.165) is 5.56 Å². The van der Waals surface area contributed by atoms with Gasteiger partial charge in [0.05, 0.1) is 5.71 Å². The van der Waals surface area contributed by atoms with E-state index in [2.05, 4.69) is 9.71 Å². The number of nitrogens with one attached hydrogen (secondary N) is 1. The van der Waals surface area contributed by atoms with Gasteiger partial charge in [-0.3, -0.25) is 5.32 Å². The lowest BCUT2D eigenvalue weighted by atomic mass is 10.1. The zero-order chi connectivity index (χ0) is 14.6. The Balaban J connectivity index is 2.96. The topological polar surface area (TPSA) is 84.8 Å². The molecule has 0 fully saturated rings. The highest BCUT2D eigenvalue weighted by molar-refractivity contribution is 7.91. The van der Waals surface area contributed by atoms with Crippen molar-refractivity contribution in [2.75, 3.05) is 5.32 Å². The Hall–Kier alpha value is -1.53. The van der Waals surface area contributed by atoms with Crippen molar-refractivity contribution in [1.82, 2.24) is 0 Å². The average Bonchev–Trinajstić information content (AvgIpc) is 2.27. The molecule has 0 saturated heterocycles. The third-order valence-electron chi connectivity index (χ3n) is 2.28. The number of hydrogen-bond donors (Lipinski definition) is 2. The maximum Gasteiger partial charge on any atom is 0.409 e. The SMILES string of the molecule is C/C(=N\[S+]([O-])C(C)(C)C)c1cccc(NC(=O)O)c1. The number of carboxylic acid groups (broad SMARTS) is 1. The van der Waals surface area contributed by atoms with Gasteiger partial charge in [-0.25, -0.2) is 4.79 Å². The molecule has 0 aliphatic carbocycles. The molecule has 0 spiro atoms. The van der Waals surface area contributed by atoms with Crippen molar-refractivity contribution in [3.05, 3.63) is 29.8 Å². The van der Waals surface area contributed by atoms with Crippen LogP contribution in [0, 0.1) is 0 Å². The molecule has 1 aromatic rings. The van der Waals surface area contributed by atoms with E-state index in [1.54, 1.807) is 31.2 Å². The summed E-state index contributed by atoms with van der Waals surface area (Å²) in [5.41, 5.74) is 1.81. The summed E-state index contributed by atoms with van der Waals surface area (Å²) in [5, 5.41) is 10.9. The first-order valence-corrected chi connectivity index (χ1v) is 6.88. The standard InChI is InChI=1S/C13H18N2O3S/c1-9(15-19(18)13(2,3)4)10-6-5-7-11(8-10)14-12(16)17/h5-8,14H,1-4H3,(H,16,17)/b15-9+. The average molecular weight is 282 g/mol. The monoisotopic (exact) mass is 282 g/mol. The summed E-state index contributed by atoms with van der Waals surface area (Å²) < 4.78 is 15.7. The summed E-state index contributed by atoms with van der Waals surface area (Å²) in [5.74, 6) is 0. The second-order valence-corrected chi connectivity index (χ2v) is 6.95. The van der Waals surface area contributed by atoms with Gasteiger partial charge < -0.3 is 9.66 Å². The van der Waals surface area contributed by atoms with Crippen LogP contribution in [0.1, 0.15) is 33.3 Å². The van der Waals surface area contributed by atoms with Crippen LogP contribution < -0.4 is 5.32 Å². The van der Waals surface area contributed by atoms with Crippen LogP contribution in [-0.2, 0) is 11.4 Å². The summed E-state index contributed by atoms with van der Waals surface area (Å²) in [6.07, 6.45) is -1.12. The third kappa shape index (κ3) is 4.92. The van der Waals surface area contributed by atoms with Crippen LogP contribution in [0.25, 0.3) is 0 Å². The lowest BCUT2D eigenvalue weighted by Crippen LogP contribution is -2.26. The van der Waals surface area contributed by atoms with Gasteiger partial charge in [-0.15, -0.1) is 0 Å². The number of anilines is 1. The van der Waals surface area contributed by atoms with Gasteiger partial charge >= 0.3 is 6.09 Å². The minimum Gasteiger partial charge on any atom is -0.591 e. The van der Waals surface area contributed by atoms with Gasteiger partial charge in [-0.1, -0.05) is 16.5 Å². The summed E-state index contributed by atoms with van der Waals surface area (Å²) in [7, 11) is 0. The molecule has 19 heavy (non-hydrogen) atoms. The van der Waals surface area contributed by atoms with E-state index >= 15 is 0 Å². The maximum atomic E-state index is 11.9. The Morgan fingerprint density at radius 1 is 1.42 bits per heavy atom. The molecule has 1 aromatic carbocycles. The second kappa shape index (κ2) is 6.08. The molecule has 0 heterocycles. The minimum absolute atomic E-state index is 0.418. The first kappa shape index (κ1) is 15.5. The van der Waals surface area contributed by atoms with E-state index in [-0.39, 0.29) is 0 Å². The summed E-state index contributed by atoms with van der Waals surface area (Å²) in [6, 6.07) is 6.82. The highest BCUT2D eigenvalue weighted by Crippen LogP contribution is 2.19. The number of nitrogens with zero attached hydrogens (tertiary/aromatic N) is 1. The van der Waals surface area contributed by atoms with Crippen LogP contribution in [0.15, 0.2) is 28.7 Å². The van der Waals surface area contributed by atoms with Gasteiger partial charge in [0.1, 0.15) is 16.1 Å². The minimum atomic E-state index is -1.33. The van der Waals surface area contributed by atoms with Crippen LogP contribution in [0.2, 0.25) is 0 Å². The van der Waals surface area contributed by atoms with Crippen molar-refractivity contribution >= 4 is 28.9 Å². The molecule has 2 N–H and O–H groups in total. The molecule has 1 unspecified atom stereocenters. The molecule has 1 amide bonds. The van der Waals surface area contributed by atoms with Crippen LogP contribution in [-0.4, -0.2) is 26.2 Å². The number of amides is 1. The number of hydrogen-bond acceptors (Lipinski definition) is 3. The van der Waals surface area contributed by atoms with Gasteiger partial charge in [-0.05, 0) is 39.8 Å². The van der Waals surface area contributed by atoms with Crippen molar-refractivity contribution in [2.45, 2.75) is 32.4 Å². The Morgan fingerprint density at radius 3 is 2.58 bits per heavy atom. The molecule has 0 saturated carbocycles. The van der Waals surface area contributed by atoms with Crippen molar-refractivity contribution in [3.8, 4) is 0 Å². The second-order valence-electron chi connectivity index (χ2n) is 5.05. The predicted molar refractivity (Wildman–Crippen MR) is 78.2 cm³/mol. The molecule has 0 aliphatic rings. The van der Waals surface area contributed by atoms with Gasteiger partial charge in [0.15, 0.2) is 0 Å². The first-order valence-electron chi connectivity index (χ1n) is 5.78. The molecule has 0 bridgehead atoms. The van der Waals surface area contributed by atoms with Gasteiger partial charge in [0, 0.05) is 11.3 Å². The fraction of sp³-hybridized carbons (Fsp3) is 0.385. The molecular formula is C13H18N2O3S. The van der Waals surface area contributed by atoms with E-state index in [1.807, 2.05) is 20.8 Å². The third-order valence-corrected chi connectivity index (χ3v) is 3.76.